The number of nitrogens with zero attached hydrogens (tertiary/aromatic N) is 3. The van der Waals surface area contributed by atoms with Gasteiger partial charge in [0.05, 0.1) is 6.54 Å². The fraction of sp³-hybridized carbons (Fsp3) is 0.459. The monoisotopic (exact) mass is 625 g/mol. The lowest BCUT2D eigenvalue weighted by molar-refractivity contribution is -0.121. The summed E-state index contributed by atoms with van der Waals surface area (Å²) in [5.41, 5.74) is 3.88. The van der Waals surface area contributed by atoms with Gasteiger partial charge in [0.2, 0.25) is 5.91 Å². The fourth-order valence-corrected chi connectivity index (χ4v) is 5.82. The number of ether oxygens (including phenoxy) is 2. The van der Waals surface area contributed by atoms with Crippen LogP contribution in [0, 0.1) is 0 Å². The standard InChI is InChI=1S/C37H47N5O4/c1-5-6-16-33-40-30-21-22-32(38-24-23-34(43)39-28-12-8-7-9-13-28)41-35(30)42(33)25-26-17-19-27(20-18-26)29-14-10-11-15-31(29)45-36(44)46-37(2,3)4/h10-11,14-15,17-22,28H,5-9,12-13,16,23-25H2,1-4H3,(H,38,41)(H,39,43). The van der Waals surface area contributed by atoms with Crippen LogP contribution in [0.3, 0.4) is 0 Å². The lowest BCUT2D eigenvalue weighted by atomic mass is 9.95. The maximum absolute atomic E-state index is 12.5. The summed E-state index contributed by atoms with van der Waals surface area (Å²) in [5, 5.41) is 6.53. The molecule has 2 heterocycles. The van der Waals surface area contributed by atoms with Crippen LogP contribution in [-0.4, -0.2) is 44.8 Å². The molecular formula is C37H47N5O4. The Morgan fingerprint density at radius 2 is 1.72 bits per heavy atom. The van der Waals surface area contributed by atoms with Crippen LogP contribution in [0.15, 0.2) is 60.7 Å². The van der Waals surface area contributed by atoms with E-state index in [1.54, 1.807) is 6.07 Å². The molecule has 0 unspecified atom stereocenters. The first-order valence-corrected chi connectivity index (χ1v) is 16.7. The Hall–Kier alpha value is -4.40. The first-order chi connectivity index (χ1) is 22.2. The topological polar surface area (TPSA) is 107 Å². The summed E-state index contributed by atoms with van der Waals surface area (Å²) in [6.45, 7) is 8.74. The van der Waals surface area contributed by atoms with Gasteiger partial charge in [-0.05, 0) is 69.4 Å². The van der Waals surface area contributed by atoms with Gasteiger partial charge in [-0.25, -0.2) is 14.8 Å². The Morgan fingerprint density at radius 3 is 2.46 bits per heavy atom. The molecule has 0 bridgehead atoms. The third-order valence-corrected chi connectivity index (χ3v) is 8.13. The Balaban J connectivity index is 1.29. The van der Waals surface area contributed by atoms with Gasteiger partial charge in [-0.15, -0.1) is 0 Å². The van der Waals surface area contributed by atoms with Crippen molar-refractivity contribution in [1.82, 2.24) is 19.9 Å². The Morgan fingerprint density at radius 1 is 0.957 bits per heavy atom. The minimum Gasteiger partial charge on any atom is -0.428 e. The number of unbranched alkanes of at least 4 members (excludes halogenated alkanes) is 1. The number of nitrogens with one attached hydrogen (secondary N) is 2. The number of carbonyl (C=O) groups is 2. The number of benzene rings is 2. The van der Waals surface area contributed by atoms with Gasteiger partial charge in [0, 0.05) is 31.0 Å². The van der Waals surface area contributed by atoms with Crippen molar-refractivity contribution in [3.8, 4) is 16.9 Å². The van der Waals surface area contributed by atoms with E-state index in [0.29, 0.717) is 31.3 Å². The maximum atomic E-state index is 12.5. The number of anilines is 1. The van der Waals surface area contributed by atoms with E-state index in [2.05, 4.69) is 34.3 Å². The predicted molar refractivity (Wildman–Crippen MR) is 182 cm³/mol. The molecule has 1 aliphatic carbocycles. The SMILES string of the molecule is CCCCc1nc2ccc(NCCC(=O)NC3CCCCC3)nc2n1Cc1ccc(-c2ccccc2OC(=O)OC(C)(C)C)cc1. The summed E-state index contributed by atoms with van der Waals surface area (Å²) >= 11 is 0. The summed E-state index contributed by atoms with van der Waals surface area (Å²) in [6, 6.07) is 20.0. The van der Waals surface area contributed by atoms with Crippen LogP contribution >= 0.6 is 0 Å². The first-order valence-electron chi connectivity index (χ1n) is 16.7. The van der Waals surface area contributed by atoms with Crippen LogP contribution < -0.4 is 15.4 Å². The van der Waals surface area contributed by atoms with Gasteiger partial charge >= 0.3 is 6.16 Å². The minimum absolute atomic E-state index is 0.0924. The van der Waals surface area contributed by atoms with Crippen molar-refractivity contribution < 1.29 is 19.1 Å². The zero-order valence-corrected chi connectivity index (χ0v) is 27.6. The molecule has 0 atom stereocenters. The van der Waals surface area contributed by atoms with E-state index in [-0.39, 0.29) is 5.91 Å². The number of hydrogen-bond acceptors (Lipinski definition) is 7. The number of amides is 1. The van der Waals surface area contributed by atoms with Crippen LogP contribution in [0.4, 0.5) is 10.6 Å². The van der Waals surface area contributed by atoms with E-state index in [1.165, 1.54) is 19.3 Å². The van der Waals surface area contributed by atoms with E-state index in [0.717, 1.165) is 71.6 Å². The third kappa shape index (κ3) is 9.08. The van der Waals surface area contributed by atoms with E-state index in [1.807, 2.05) is 63.2 Å². The van der Waals surface area contributed by atoms with Crippen molar-refractivity contribution >= 4 is 29.0 Å². The molecule has 1 fully saturated rings. The Labute approximate surface area is 272 Å². The van der Waals surface area contributed by atoms with Crippen molar-refractivity contribution in [2.24, 2.45) is 0 Å². The molecule has 0 spiro atoms. The highest BCUT2D eigenvalue weighted by Gasteiger charge is 2.20. The largest absolute Gasteiger partial charge is 0.514 e. The Kier molecular flexibility index (Phi) is 10.9. The molecule has 0 radical (unpaired) electrons. The third-order valence-electron chi connectivity index (χ3n) is 8.13. The smallest absolute Gasteiger partial charge is 0.428 e. The minimum atomic E-state index is -0.729. The van der Waals surface area contributed by atoms with Gasteiger partial charge < -0.3 is 24.7 Å². The van der Waals surface area contributed by atoms with Gasteiger partial charge in [0.15, 0.2) is 5.65 Å². The molecule has 0 saturated heterocycles. The quantitative estimate of drug-likeness (QED) is 0.121. The molecule has 1 aliphatic rings. The van der Waals surface area contributed by atoms with Crippen LogP contribution in [0.5, 0.6) is 5.75 Å². The van der Waals surface area contributed by atoms with E-state index in [4.69, 9.17) is 19.4 Å². The molecule has 1 saturated carbocycles. The number of para-hydroxylation sites is 1. The molecule has 2 aromatic carbocycles. The van der Waals surface area contributed by atoms with Crippen molar-refractivity contribution in [3.63, 3.8) is 0 Å². The number of imidazole rings is 1. The summed E-state index contributed by atoms with van der Waals surface area (Å²) in [4.78, 5) is 34.7. The lowest BCUT2D eigenvalue weighted by Crippen LogP contribution is -2.36. The van der Waals surface area contributed by atoms with Crippen molar-refractivity contribution in [3.05, 3.63) is 72.1 Å². The van der Waals surface area contributed by atoms with Gasteiger partial charge in [-0.1, -0.05) is 75.1 Å². The first kappa shape index (κ1) is 33.0. The number of aromatic nitrogens is 3. The molecule has 0 aliphatic heterocycles. The molecule has 4 aromatic rings. The summed E-state index contributed by atoms with van der Waals surface area (Å²) < 4.78 is 13.1. The molecular weight excluding hydrogens is 578 g/mol. The highest BCUT2D eigenvalue weighted by atomic mass is 16.7. The van der Waals surface area contributed by atoms with E-state index in [9.17, 15) is 9.59 Å². The van der Waals surface area contributed by atoms with Gasteiger partial charge in [-0.3, -0.25) is 4.79 Å². The van der Waals surface area contributed by atoms with Gasteiger partial charge in [0.25, 0.3) is 0 Å². The van der Waals surface area contributed by atoms with E-state index >= 15 is 0 Å². The number of hydrogen-bond donors (Lipinski definition) is 2. The molecule has 9 heteroatoms. The van der Waals surface area contributed by atoms with Crippen molar-refractivity contribution in [2.75, 3.05) is 11.9 Å². The normalized spacial score (nSPS) is 13.8. The molecule has 2 N–H and O–H groups in total. The van der Waals surface area contributed by atoms with Gasteiger partial charge in [-0.2, -0.15) is 0 Å². The molecule has 1 amide bonds. The number of aryl methyl sites for hydroxylation is 1. The summed E-state index contributed by atoms with van der Waals surface area (Å²) in [7, 11) is 0. The average Bonchev–Trinajstić information content (AvgIpc) is 3.36. The van der Waals surface area contributed by atoms with Crippen molar-refractivity contribution in [2.45, 2.75) is 104 Å². The number of fused-ring (bicyclic) bond motifs is 1. The summed E-state index contributed by atoms with van der Waals surface area (Å²) in [5.74, 6) is 2.28. The molecule has 9 nitrogen and oxygen atoms in total. The maximum Gasteiger partial charge on any atom is 0.514 e. The lowest BCUT2D eigenvalue weighted by Gasteiger charge is -2.22. The predicted octanol–water partition coefficient (Wildman–Crippen LogP) is 8.05. The highest BCUT2D eigenvalue weighted by Crippen LogP contribution is 2.31. The number of rotatable bonds is 12. The highest BCUT2D eigenvalue weighted by molar-refractivity contribution is 5.78. The van der Waals surface area contributed by atoms with Crippen LogP contribution in [0.1, 0.15) is 90.4 Å². The summed E-state index contributed by atoms with van der Waals surface area (Å²) in [6.07, 6.45) is 8.50. The molecule has 5 rings (SSSR count). The average molecular weight is 626 g/mol. The number of pyridine rings is 1. The van der Waals surface area contributed by atoms with Crippen LogP contribution in [-0.2, 0) is 22.5 Å². The zero-order valence-electron chi connectivity index (χ0n) is 27.6. The molecule has 2 aromatic heterocycles. The van der Waals surface area contributed by atoms with Gasteiger partial charge in [0.1, 0.15) is 28.5 Å². The van der Waals surface area contributed by atoms with E-state index < -0.39 is 11.8 Å². The van der Waals surface area contributed by atoms with Crippen LogP contribution in [0.25, 0.3) is 22.3 Å². The second-order valence-electron chi connectivity index (χ2n) is 13.1. The molecule has 244 valence electrons. The number of carbonyl (C=O) groups excluding carboxylic acids is 2. The second-order valence-corrected chi connectivity index (χ2v) is 13.1. The fourth-order valence-electron chi connectivity index (χ4n) is 5.82. The van der Waals surface area contributed by atoms with Crippen molar-refractivity contribution in [1.29, 1.82) is 0 Å². The Bertz CT molecular complexity index is 1620. The second kappa shape index (κ2) is 15.3. The molecule has 46 heavy (non-hydrogen) atoms. The van der Waals surface area contributed by atoms with Crippen LogP contribution in [0.2, 0.25) is 0 Å². The zero-order chi connectivity index (χ0) is 32.5.